The van der Waals surface area contributed by atoms with Gasteiger partial charge in [0.25, 0.3) is 0 Å². The van der Waals surface area contributed by atoms with E-state index in [1.165, 1.54) is 0 Å². The highest BCUT2D eigenvalue weighted by molar-refractivity contribution is 5.95. The lowest BCUT2D eigenvalue weighted by molar-refractivity contribution is -0.159. The first-order chi connectivity index (χ1) is 5.41. The van der Waals surface area contributed by atoms with Gasteiger partial charge in [-0.15, -0.1) is 0 Å². The summed E-state index contributed by atoms with van der Waals surface area (Å²) in [5, 5.41) is 2.76. The number of nitrogens with zero attached hydrogens (tertiary/aromatic N) is 2. The van der Waals surface area contributed by atoms with Crippen LogP contribution in [0.5, 0.6) is 0 Å². The standard InChI is InChI=1S/C5H2F3N2O2/c1-2(11)3-9-4(12-10-3)5(6,7)8/h1H2. The van der Waals surface area contributed by atoms with E-state index in [-0.39, 0.29) is 0 Å². The van der Waals surface area contributed by atoms with Gasteiger partial charge >= 0.3 is 12.1 Å². The van der Waals surface area contributed by atoms with E-state index in [2.05, 4.69) is 21.6 Å². The number of aromatic nitrogens is 2. The van der Waals surface area contributed by atoms with E-state index in [9.17, 15) is 18.0 Å². The predicted octanol–water partition coefficient (Wildman–Crippen LogP) is 1.11. The molecule has 0 fully saturated rings. The largest absolute Gasteiger partial charge is 0.471 e. The van der Waals surface area contributed by atoms with E-state index in [1.807, 2.05) is 0 Å². The first-order valence-electron chi connectivity index (χ1n) is 2.68. The Balaban J connectivity index is 3.00. The van der Waals surface area contributed by atoms with Gasteiger partial charge in [-0.05, 0) is 0 Å². The third-order valence-electron chi connectivity index (χ3n) is 0.918. The van der Waals surface area contributed by atoms with Gasteiger partial charge in [-0.25, -0.2) is 0 Å². The number of hydrogen-bond donors (Lipinski definition) is 0. The minimum Gasteiger partial charge on any atom is -0.329 e. The smallest absolute Gasteiger partial charge is 0.329 e. The SMILES string of the molecule is [CH2]C(=O)c1noc(C(F)(F)F)n1. The Morgan fingerprint density at radius 3 is 2.33 bits per heavy atom. The minimum atomic E-state index is -4.72. The van der Waals surface area contributed by atoms with E-state index in [1.54, 1.807) is 0 Å². The average Bonchev–Trinajstić information content (AvgIpc) is 2.30. The molecule has 0 spiro atoms. The van der Waals surface area contributed by atoms with E-state index in [4.69, 9.17) is 0 Å². The molecular weight excluding hydrogens is 177 g/mol. The molecular formula is C5H2F3N2O2. The van der Waals surface area contributed by atoms with Gasteiger partial charge in [0.2, 0.25) is 11.6 Å². The molecule has 1 aromatic heterocycles. The maximum atomic E-state index is 11.7. The van der Waals surface area contributed by atoms with Crippen LogP contribution in [0.25, 0.3) is 0 Å². The molecule has 1 aromatic rings. The van der Waals surface area contributed by atoms with Crippen molar-refractivity contribution in [3.05, 3.63) is 18.6 Å². The lowest BCUT2D eigenvalue weighted by atomic mass is 10.4. The monoisotopic (exact) mass is 179 g/mol. The number of alkyl halides is 3. The van der Waals surface area contributed by atoms with E-state index in [0.29, 0.717) is 0 Å². The maximum Gasteiger partial charge on any atom is 0.471 e. The second kappa shape index (κ2) is 2.58. The van der Waals surface area contributed by atoms with Crippen molar-refractivity contribution in [2.45, 2.75) is 6.18 Å². The fourth-order valence-electron chi connectivity index (χ4n) is 0.452. The van der Waals surface area contributed by atoms with Crippen molar-refractivity contribution in [3.63, 3.8) is 0 Å². The zero-order chi connectivity index (χ0) is 9.35. The molecule has 0 aliphatic carbocycles. The second-order valence-electron chi connectivity index (χ2n) is 1.84. The molecule has 0 saturated carbocycles. The molecule has 0 N–H and O–H groups in total. The van der Waals surface area contributed by atoms with Crippen molar-refractivity contribution in [1.29, 1.82) is 0 Å². The topological polar surface area (TPSA) is 56.0 Å². The van der Waals surface area contributed by atoms with Crippen LogP contribution in [0.1, 0.15) is 16.5 Å². The lowest BCUT2D eigenvalue weighted by Gasteiger charge is -1.95. The van der Waals surface area contributed by atoms with Gasteiger partial charge in [-0.1, -0.05) is 5.16 Å². The Bertz CT molecular complexity index is 304. The number of ketones is 1. The first-order valence-corrected chi connectivity index (χ1v) is 2.68. The Hall–Kier alpha value is -1.40. The van der Waals surface area contributed by atoms with Crippen LogP contribution in [-0.2, 0) is 6.18 Å². The Morgan fingerprint density at radius 1 is 1.50 bits per heavy atom. The molecule has 0 amide bonds. The van der Waals surface area contributed by atoms with Crippen molar-refractivity contribution in [2.75, 3.05) is 0 Å². The molecule has 1 heterocycles. The van der Waals surface area contributed by atoms with Crippen molar-refractivity contribution in [1.82, 2.24) is 10.1 Å². The number of halogens is 3. The quantitative estimate of drug-likeness (QED) is 0.606. The van der Waals surface area contributed by atoms with Crippen LogP contribution in [0, 0.1) is 6.92 Å². The highest BCUT2D eigenvalue weighted by Crippen LogP contribution is 2.27. The molecule has 0 saturated heterocycles. The Kier molecular flexibility index (Phi) is 1.87. The number of rotatable bonds is 1. The molecule has 0 aliphatic heterocycles. The van der Waals surface area contributed by atoms with Gasteiger partial charge < -0.3 is 4.52 Å². The summed E-state index contributed by atoms with van der Waals surface area (Å²) >= 11 is 0. The van der Waals surface area contributed by atoms with Crippen LogP contribution >= 0.6 is 0 Å². The van der Waals surface area contributed by atoms with E-state index in [0.717, 1.165) is 0 Å². The molecule has 0 bridgehead atoms. The Morgan fingerprint density at radius 2 is 2.08 bits per heavy atom. The summed E-state index contributed by atoms with van der Waals surface area (Å²) in [7, 11) is 0. The van der Waals surface area contributed by atoms with Gasteiger partial charge in [-0.2, -0.15) is 18.2 Å². The van der Waals surface area contributed by atoms with Gasteiger partial charge in [0.05, 0.1) is 0 Å². The third kappa shape index (κ3) is 1.60. The number of hydrogen-bond acceptors (Lipinski definition) is 4. The van der Waals surface area contributed by atoms with Crippen LogP contribution in [0.4, 0.5) is 13.2 Å². The van der Waals surface area contributed by atoms with Crippen molar-refractivity contribution < 1.29 is 22.5 Å². The number of Topliss-reactive ketones (excluding diaryl/α,β-unsaturated/α-hetero) is 1. The predicted molar refractivity (Wildman–Crippen MR) is 29.0 cm³/mol. The summed E-state index contributed by atoms with van der Waals surface area (Å²) in [6.45, 7) is 2.81. The summed E-state index contributed by atoms with van der Waals surface area (Å²) in [5.74, 6) is -3.15. The summed E-state index contributed by atoms with van der Waals surface area (Å²) in [6.07, 6.45) is -4.72. The molecule has 1 rings (SSSR count). The average molecular weight is 179 g/mol. The Labute approximate surface area is 64.4 Å². The molecule has 4 nitrogen and oxygen atoms in total. The molecule has 0 atom stereocenters. The highest BCUT2D eigenvalue weighted by Gasteiger charge is 2.38. The summed E-state index contributed by atoms with van der Waals surface area (Å²) in [5.41, 5.74) is 0. The molecule has 65 valence electrons. The summed E-state index contributed by atoms with van der Waals surface area (Å²) in [6, 6.07) is 0. The zero-order valence-corrected chi connectivity index (χ0v) is 5.55. The minimum absolute atomic E-state index is 0.678. The van der Waals surface area contributed by atoms with Crippen LogP contribution in [0.3, 0.4) is 0 Å². The first kappa shape index (κ1) is 8.69. The van der Waals surface area contributed by atoms with E-state index >= 15 is 0 Å². The normalized spacial score (nSPS) is 11.7. The third-order valence-corrected chi connectivity index (χ3v) is 0.918. The van der Waals surface area contributed by atoms with Crippen LogP contribution in [-0.4, -0.2) is 15.9 Å². The molecule has 0 unspecified atom stereocenters. The van der Waals surface area contributed by atoms with Crippen molar-refractivity contribution in [3.8, 4) is 0 Å². The summed E-state index contributed by atoms with van der Waals surface area (Å²) in [4.78, 5) is 13.1. The van der Waals surface area contributed by atoms with E-state index < -0.39 is 23.7 Å². The maximum absolute atomic E-state index is 11.7. The molecule has 0 aromatic carbocycles. The van der Waals surface area contributed by atoms with Gasteiger partial charge in [0, 0.05) is 6.92 Å². The zero-order valence-electron chi connectivity index (χ0n) is 5.55. The van der Waals surface area contributed by atoms with Crippen LogP contribution in [0.2, 0.25) is 0 Å². The van der Waals surface area contributed by atoms with Gasteiger partial charge in [0.15, 0.2) is 0 Å². The van der Waals surface area contributed by atoms with Crippen LogP contribution < -0.4 is 0 Å². The number of carbonyl (C=O) groups excluding carboxylic acids is 1. The molecule has 1 radical (unpaired) electrons. The van der Waals surface area contributed by atoms with Crippen molar-refractivity contribution >= 4 is 5.78 Å². The molecule has 7 heteroatoms. The second-order valence-corrected chi connectivity index (χ2v) is 1.84. The highest BCUT2D eigenvalue weighted by atomic mass is 19.4. The van der Waals surface area contributed by atoms with Gasteiger partial charge in [0.1, 0.15) is 0 Å². The lowest BCUT2D eigenvalue weighted by Crippen LogP contribution is -2.06. The van der Waals surface area contributed by atoms with Crippen LogP contribution in [0.15, 0.2) is 4.52 Å². The molecule has 0 aliphatic rings. The molecule has 12 heavy (non-hydrogen) atoms. The fraction of sp³-hybridized carbons (Fsp3) is 0.200. The fourth-order valence-corrected chi connectivity index (χ4v) is 0.452. The van der Waals surface area contributed by atoms with Crippen molar-refractivity contribution in [2.24, 2.45) is 0 Å². The number of carbonyl (C=O) groups is 1. The van der Waals surface area contributed by atoms with Gasteiger partial charge in [-0.3, -0.25) is 4.79 Å². The summed E-state index contributed by atoms with van der Waals surface area (Å²) < 4.78 is 39.0.